The molecule has 0 amide bonds. The SMILES string of the molecule is CC1(C)CCC(C)(C)c2c(-c3cc4c(cc3N(c3ccc5c(c3)C(C)(C)c3ccccc3-5)c3cccc5c3CCCC5)C3(c5ccccc5-c5ccccc53)c3ccccc3-4)cccc21. The molecular weight excluding hydrogens is 783 g/mol. The van der Waals surface area contributed by atoms with Gasteiger partial charge in [0.2, 0.25) is 0 Å². The Hall–Kier alpha value is -6.44. The van der Waals surface area contributed by atoms with Crippen LogP contribution in [0.3, 0.4) is 0 Å². The normalized spacial score (nSPS) is 17.8. The van der Waals surface area contributed by atoms with Gasteiger partial charge in [-0.3, -0.25) is 0 Å². The number of fused-ring (bicyclic) bond motifs is 15. The molecule has 0 aliphatic heterocycles. The maximum atomic E-state index is 2.73. The highest BCUT2D eigenvalue weighted by molar-refractivity contribution is 6.01. The Balaban J connectivity index is 1.19. The summed E-state index contributed by atoms with van der Waals surface area (Å²) in [5.74, 6) is 0. The van der Waals surface area contributed by atoms with Gasteiger partial charge >= 0.3 is 0 Å². The van der Waals surface area contributed by atoms with E-state index in [1.807, 2.05) is 0 Å². The Labute approximate surface area is 385 Å². The summed E-state index contributed by atoms with van der Waals surface area (Å²) in [5, 5.41) is 0. The Morgan fingerprint density at radius 3 is 1.60 bits per heavy atom. The zero-order chi connectivity index (χ0) is 44.0. The van der Waals surface area contributed by atoms with Gasteiger partial charge < -0.3 is 4.90 Å². The zero-order valence-electron chi connectivity index (χ0n) is 38.8. The number of hydrogen-bond acceptors (Lipinski definition) is 1. The van der Waals surface area contributed by atoms with Gasteiger partial charge in [-0.1, -0.05) is 175 Å². The van der Waals surface area contributed by atoms with Crippen LogP contribution in [-0.4, -0.2) is 0 Å². The molecule has 1 nitrogen and oxygen atoms in total. The molecule has 8 aromatic carbocycles. The Morgan fingerprint density at radius 1 is 0.369 bits per heavy atom. The van der Waals surface area contributed by atoms with Crippen molar-refractivity contribution >= 4 is 17.1 Å². The molecule has 0 aromatic heterocycles. The minimum Gasteiger partial charge on any atom is -0.310 e. The molecule has 8 aromatic rings. The first kappa shape index (κ1) is 39.0. The highest BCUT2D eigenvalue weighted by Gasteiger charge is 2.52. The number of nitrogens with zero attached hydrogens (tertiary/aromatic N) is 1. The molecule has 1 heteroatoms. The average Bonchev–Trinajstić information content (AvgIpc) is 3.88. The average molecular weight is 840 g/mol. The Bertz CT molecular complexity index is 3270. The van der Waals surface area contributed by atoms with E-state index in [0.717, 1.165) is 19.3 Å². The highest BCUT2D eigenvalue weighted by atomic mass is 15.1. The predicted octanol–water partition coefficient (Wildman–Crippen LogP) is 16.7. The van der Waals surface area contributed by atoms with Crippen LogP contribution in [0.25, 0.3) is 44.5 Å². The second-order valence-corrected chi connectivity index (χ2v) is 21.7. The van der Waals surface area contributed by atoms with E-state index in [2.05, 4.69) is 210 Å². The van der Waals surface area contributed by atoms with Crippen LogP contribution in [0.4, 0.5) is 17.1 Å². The van der Waals surface area contributed by atoms with E-state index in [9.17, 15) is 0 Å². The number of hydrogen-bond donors (Lipinski definition) is 0. The smallest absolute Gasteiger partial charge is 0.0726 e. The van der Waals surface area contributed by atoms with Crippen molar-refractivity contribution in [2.75, 3.05) is 4.90 Å². The summed E-state index contributed by atoms with van der Waals surface area (Å²) < 4.78 is 0. The third kappa shape index (κ3) is 5.22. The summed E-state index contributed by atoms with van der Waals surface area (Å²) in [6, 6.07) is 64.1. The fourth-order valence-corrected chi connectivity index (χ4v) is 13.7. The molecule has 0 atom stereocenters. The number of benzene rings is 8. The molecule has 0 radical (unpaired) electrons. The van der Waals surface area contributed by atoms with E-state index >= 15 is 0 Å². The van der Waals surface area contributed by atoms with Crippen molar-refractivity contribution in [1.82, 2.24) is 0 Å². The van der Waals surface area contributed by atoms with E-state index < -0.39 is 5.41 Å². The molecule has 65 heavy (non-hydrogen) atoms. The van der Waals surface area contributed by atoms with E-state index in [1.165, 1.54) is 136 Å². The van der Waals surface area contributed by atoms with Crippen molar-refractivity contribution in [3.8, 4) is 44.5 Å². The van der Waals surface area contributed by atoms with Crippen LogP contribution in [-0.2, 0) is 34.5 Å². The molecule has 318 valence electrons. The third-order valence-corrected chi connectivity index (χ3v) is 16.9. The van der Waals surface area contributed by atoms with Gasteiger partial charge in [0, 0.05) is 22.4 Å². The third-order valence-electron chi connectivity index (χ3n) is 16.9. The largest absolute Gasteiger partial charge is 0.310 e. The minimum atomic E-state index is -0.465. The highest BCUT2D eigenvalue weighted by Crippen LogP contribution is 2.65. The summed E-state index contributed by atoms with van der Waals surface area (Å²) in [4.78, 5) is 2.73. The van der Waals surface area contributed by atoms with Gasteiger partial charge in [0.15, 0.2) is 0 Å². The van der Waals surface area contributed by atoms with Crippen molar-refractivity contribution in [1.29, 1.82) is 0 Å². The zero-order valence-corrected chi connectivity index (χ0v) is 38.8. The van der Waals surface area contributed by atoms with Crippen LogP contribution >= 0.6 is 0 Å². The quantitative estimate of drug-likeness (QED) is 0.171. The van der Waals surface area contributed by atoms with Crippen molar-refractivity contribution in [2.24, 2.45) is 0 Å². The molecule has 0 saturated carbocycles. The second-order valence-electron chi connectivity index (χ2n) is 21.7. The molecule has 5 aliphatic carbocycles. The van der Waals surface area contributed by atoms with E-state index in [-0.39, 0.29) is 16.2 Å². The maximum absolute atomic E-state index is 2.73. The predicted molar refractivity (Wildman–Crippen MR) is 272 cm³/mol. The molecule has 0 fully saturated rings. The summed E-state index contributed by atoms with van der Waals surface area (Å²) >= 11 is 0. The Morgan fingerprint density at radius 2 is 0.908 bits per heavy atom. The first-order valence-corrected chi connectivity index (χ1v) is 24.3. The summed E-state index contributed by atoms with van der Waals surface area (Å²) in [5.41, 5.74) is 28.4. The standard InChI is InChI=1S/C64H57N/c1-61(2)35-36-62(3,4)60-48(26-18-31-55(60)61)50-38-49-46-25-12-16-30-54(46)64(52-28-14-10-23-44(52)45-24-11-15-29-53(45)64)57(49)39-59(50)65(58-32-17-20-40-19-7-8-21-42(40)58)41-33-34-47-43-22-9-13-27-51(43)63(5,6)56(47)37-41/h9-18,20,22-34,37-39H,7-8,19,21,35-36H2,1-6H3. The van der Waals surface area contributed by atoms with Crippen LogP contribution in [0.15, 0.2) is 164 Å². The first-order chi connectivity index (χ1) is 31.5. The van der Waals surface area contributed by atoms with E-state index in [4.69, 9.17) is 0 Å². The Kier molecular flexibility index (Phi) is 8.13. The van der Waals surface area contributed by atoms with Gasteiger partial charge in [-0.15, -0.1) is 0 Å². The topological polar surface area (TPSA) is 3.24 Å². The summed E-state index contributed by atoms with van der Waals surface area (Å²) in [6.07, 6.45) is 7.00. The molecule has 0 unspecified atom stereocenters. The van der Waals surface area contributed by atoms with Crippen molar-refractivity contribution in [3.63, 3.8) is 0 Å². The van der Waals surface area contributed by atoms with Gasteiger partial charge in [-0.2, -0.15) is 0 Å². The number of rotatable bonds is 4. The van der Waals surface area contributed by atoms with Crippen LogP contribution in [0.1, 0.15) is 123 Å². The molecule has 0 heterocycles. The lowest BCUT2D eigenvalue weighted by molar-refractivity contribution is 0.333. The maximum Gasteiger partial charge on any atom is 0.0726 e. The second kappa shape index (κ2) is 13.6. The molecule has 5 aliphatic rings. The summed E-state index contributed by atoms with van der Waals surface area (Å²) in [6.45, 7) is 14.8. The lowest BCUT2D eigenvalue weighted by Crippen LogP contribution is -2.34. The molecular formula is C64H57N. The molecule has 13 rings (SSSR count). The molecule has 0 saturated heterocycles. The van der Waals surface area contributed by atoms with Crippen LogP contribution in [0.5, 0.6) is 0 Å². The molecule has 1 spiro atoms. The first-order valence-electron chi connectivity index (χ1n) is 24.3. The molecule has 0 bridgehead atoms. The van der Waals surface area contributed by atoms with Gasteiger partial charge in [-0.05, 0) is 174 Å². The lowest BCUT2D eigenvalue weighted by Gasteiger charge is -2.43. The van der Waals surface area contributed by atoms with Crippen LogP contribution in [0.2, 0.25) is 0 Å². The number of anilines is 3. The summed E-state index contributed by atoms with van der Waals surface area (Å²) in [7, 11) is 0. The minimum absolute atomic E-state index is 0.000303. The fourth-order valence-electron chi connectivity index (χ4n) is 13.7. The fraction of sp³-hybridized carbons (Fsp3) is 0.250. The van der Waals surface area contributed by atoms with Crippen molar-refractivity contribution in [2.45, 2.75) is 102 Å². The number of aryl methyl sites for hydroxylation is 1. The van der Waals surface area contributed by atoms with Crippen LogP contribution < -0.4 is 4.90 Å². The van der Waals surface area contributed by atoms with Crippen LogP contribution in [0, 0.1) is 0 Å². The van der Waals surface area contributed by atoms with Gasteiger partial charge in [0.1, 0.15) is 0 Å². The van der Waals surface area contributed by atoms with Gasteiger partial charge in [0.05, 0.1) is 11.1 Å². The van der Waals surface area contributed by atoms with Crippen molar-refractivity contribution in [3.05, 3.63) is 219 Å². The van der Waals surface area contributed by atoms with Crippen molar-refractivity contribution < 1.29 is 0 Å². The van der Waals surface area contributed by atoms with E-state index in [0.29, 0.717) is 0 Å². The monoisotopic (exact) mass is 839 g/mol. The molecule has 0 N–H and O–H groups in total. The van der Waals surface area contributed by atoms with Gasteiger partial charge in [0.25, 0.3) is 0 Å². The lowest BCUT2D eigenvalue weighted by atomic mass is 9.61. The van der Waals surface area contributed by atoms with Gasteiger partial charge in [-0.25, -0.2) is 0 Å². The van der Waals surface area contributed by atoms with E-state index in [1.54, 1.807) is 0 Å².